The van der Waals surface area contributed by atoms with Gasteiger partial charge in [-0.05, 0) is 48.4 Å². The zero-order chi connectivity index (χ0) is 17.0. The molecule has 23 heavy (non-hydrogen) atoms. The molecular formula is C16H15ClN2O3S. The molecule has 0 aromatic heterocycles. The average molecular weight is 351 g/mol. The van der Waals surface area contributed by atoms with E-state index in [-0.39, 0.29) is 10.8 Å². The summed E-state index contributed by atoms with van der Waals surface area (Å²) in [5.41, 5.74) is 1.94. The zero-order valence-corrected chi connectivity index (χ0v) is 13.9. The Morgan fingerprint density at radius 3 is 2.43 bits per heavy atom. The van der Waals surface area contributed by atoms with Crippen LogP contribution in [0.25, 0.3) is 6.08 Å². The Bertz CT molecular complexity index is 859. The lowest BCUT2D eigenvalue weighted by atomic mass is 10.2. The molecule has 0 heterocycles. The number of rotatable bonds is 4. The minimum absolute atomic E-state index is 0.0555. The van der Waals surface area contributed by atoms with E-state index in [2.05, 4.69) is 5.32 Å². The molecule has 2 rings (SSSR count). The highest BCUT2D eigenvalue weighted by Gasteiger charge is 2.10. The topological polar surface area (TPSA) is 89.3 Å². The van der Waals surface area contributed by atoms with Crippen LogP contribution in [0.2, 0.25) is 5.02 Å². The molecule has 0 aliphatic rings. The summed E-state index contributed by atoms with van der Waals surface area (Å²) in [6.07, 6.45) is 2.98. The first kappa shape index (κ1) is 17.2. The standard InChI is InChI=1S/C16H15ClN2O3S/c1-11-2-8-14(23(18,21)22)10-15(11)19-16(20)9-5-12-3-6-13(17)7-4-12/h2-10H,1H3,(H,19,20)(H2,18,21,22). The van der Waals surface area contributed by atoms with Crippen molar-refractivity contribution in [3.63, 3.8) is 0 Å². The molecule has 0 atom stereocenters. The number of sulfonamides is 1. The summed E-state index contributed by atoms with van der Waals surface area (Å²) in [6, 6.07) is 11.3. The SMILES string of the molecule is Cc1ccc(S(N)(=O)=O)cc1NC(=O)C=Cc1ccc(Cl)cc1. The fourth-order valence-electron chi connectivity index (χ4n) is 1.83. The quantitative estimate of drug-likeness (QED) is 0.831. The van der Waals surface area contributed by atoms with Crippen LogP contribution in [-0.2, 0) is 14.8 Å². The van der Waals surface area contributed by atoms with Crippen LogP contribution in [0.1, 0.15) is 11.1 Å². The fourth-order valence-corrected chi connectivity index (χ4v) is 2.50. The number of anilines is 1. The van der Waals surface area contributed by atoms with E-state index in [9.17, 15) is 13.2 Å². The summed E-state index contributed by atoms with van der Waals surface area (Å²) in [6.45, 7) is 1.76. The number of carbonyl (C=O) groups is 1. The Morgan fingerprint density at radius 2 is 1.83 bits per heavy atom. The number of halogens is 1. The Morgan fingerprint density at radius 1 is 1.17 bits per heavy atom. The Kier molecular flexibility index (Phi) is 5.20. The van der Waals surface area contributed by atoms with Gasteiger partial charge in [0.25, 0.3) is 0 Å². The fraction of sp³-hybridized carbons (Fsp3) is 0.0625. The van der Waals surface area contributed by atoms with Gasteiger partial charge >= 0.3 is 0 Å². The lowest BCUT2D eigenvalue weighted by molar-refractivity contribution is -0.111. The predicted octanol–water partition coefficient (Wildman–Crippen LogP) is 2.95. The first-order valence-corrected chi connectivity index (χ1v) is 8.56. The first-order valence-electron chi connectivity index (χ1n) is 6.64. The van der Waals surface area contributed by atoms with Crippen molar-refractivity contribution in [1.82, 2.24) is 0 Å². The van der Waals surface area contributed by atoms with E-state index >= 15 is 0 Å². The van der Waals surface area contributed by atoms with Crippen molar-refractivity contribution >= 4 is 39.3 Å². The molecule has 0 bridgehead atoms. The Labute approximate surface area is 139 Å². The van der Waals surface area contributed by atoms with Crippen LogP contribution < -0.4 is 10.5 Å². The number of benzene rings is 2. The van der Waals surface area contributed by atoms with Gasteiger partial charge in [-0.25, -0.2) is 13.6 Å². The molecule has 0 saturated heterocycles. The Balaban J connectivity index is 2.15. The largest absolute Gasteiger partial charge is 0.322 e. The molecule has 0 spiro atoms. The van der Waals surface area contributed by atoms with Gasteiger partial charge in [-0.1, -0.05) is 29.8 Å². The molecule has 0 aliphatic carbocycles. The highest BCUT2D eigenvalue weighted by molar-refractivity contribution is 7.89. The van der Waals surface area contributed by atoms with Gasteiger partial charge in [0.1, 0.15) is 0 Å². The minimum Gasteiger partial charge on any atom is -0.322 e. The van der Waals surface area contributed by atoms with Gasteiger partial charge in [-0.15, -0.1) is 0 Å². The zero-order valence-electron chi connectivity index (χ0n) is 12.3. The summed E-state index contributed by atoms with van der Waals surface area (Å²) in [5.74, 6) is -0.380. The smallest absolute Gasteiger partial charge is 0.248 e. The lowest BCUT2D eigenvalue weighted by Gasteiger charge is -2.08. The number of carbonyl (C=O) groups excluding carboxylic acids is 1. The van der Waals surface area contributed by atoms with E-state index in [4.69, 9.17) is 16.7 Å². The van der Waals surface area contributed by atoms with Gasteiger partial charge in [0.05, 0.1) is 4.90 Å². The number of amides is 1. The number of hydrogen-bond acceptors (Lipinski definition) is 3. The van der Waals surface area contributed by atoms with E-state index in [0.29, 0.717) is 10.7 Å². The van der Waals surface area contributed by atoms with Crippen molar-refractivity contribution in [2.24, 2.45) is 5.14 Å². The number of nitrogens with two attached hydrogens (primary N) is 1. The van der Waals surface area contributed by atoms with E-state index < -0.39 is 10.0 Å². The summed E-state index contributed by atoms with van der Waals surface area (Å²) in [7, 11) is -3.82. The van der Waals surface area contributed by atoms with E-state index in [0.717, 1.165) is 11.1 Å². The molecule has 0 aliphatic heterocycles. The second-order valence-corrected chi connectivity index (χ2v) is 6.89. The van der Waals surface area contributed by atoms with Crippen LogP contribution in [-0.4, -0.2) is 14.3 Å². The van der Waals surface area contributed by atoms with Crippen LogP contribution >= 0.6 is 11.6 Å². The highest BCUT2D eigenvalue weighted by atomic mass is 35.5. The number of nitrogens with one attached hydrogen (secondary N) is 1. The maximum Gasteiger partial charge on any atom is 0.248 e. The highest BCUT2D eigenvalue weighted by Crippen LogP contribution is 2.19. The third-order valence-electron chi connectivity index (χ3n) is 3.09. The van der Waals surface area contributed by atoms with Crippen molar-refractivity contribution in [3.8, 4) is 0 Å². The molecular weight excluding hydrogens is 336 g/mol. The van der Waals surface area contributed by atoms with Crippen molar-refractivity contribution in [2.75, 3.05) is 5.32 Å². The van der Waals surface area contributed by atoms with Crippen LogP contribution in [0.4, 0.5) is 5.69 Å². The monoisotopic (exact) mass is 350 g/mol. The van der Waals surface area contributed by atoms with Gasteiger partial charge in [0.15, 0.2) is 0 Å². The van der Waals surface area contributed by atoms with Crippen molar-refractivity contribution < 1.29 is 13.2 Å². The minimum atomic E-state index is -3.82. The van der Waals surface area contributed by atoms with Crippen LogP contribution in [0, 0.1) is 6.92 Å². The molecule has 0 saturated carbocycles. The molecule has 1 amide bonds. The number of aryl methyl sites for hydroxylation is 1. The van der Waals surface area contributed by atoms with Crippen LogP contribution in [0.5, 0.6) is 0 Å². The third-order valence-corrected chi connectivity index (χ3v) is 4.26. The van der Waals surface area contributed by atoms with Crippen molar-refractivity contribution in [3.05, 3.63) is 64.7 Å². The average Bonchev–Trinajstić information content (AvgIpc) is 2.48. The van der Waals surface area contributed by atoms with Crippen molar-refractivity contribution in [2.45, 2.75) is 11.8 Å². The summed E-state index contributed by atoms with van der Waals surface area (Å²) in [5, 5.41) is 8.33. The van der Waals surface area contributed by atoms with E-state index in [1.165, 1.54) is 18.2 Å². The summed E-state index contributed by atoms with van der Waals surface area (Å²) < 4.78 is 22.7. The normalized spacial score (nSPS) is 11.6. The second kappa shape index (κ2) is 6.95. The van der Waals surface area contributed by atoms with E-state index in [1.807, 2.05) is 0 Å². The third kappa shape index (κ3) is 4.92. The Hall–Kier alpha value is -2.15. The van der Waals surface area contributed by atoms with Gasteiger partial charge < -0.3 is 5.32 Å². The second-order valence-electron chi connectivity index (χ2n) is 4.90. The molecule has 120 valence electrons. The molecule has 0 radical (unpaired) electrons. The van der Waals surface area contributed by atoms with Crippen LogP contribution in [0.15, 0.2) is 53.4 Å². The van der Waals surface area contributed by atoms with Gasteiger partial charge in [-0.3, -0.25) is 4.79 Å². The molecule has 5 nitrogen and oxygen atoms in total. The van der Waals surface area contributed by atoms with Gasteiger partial charge in [-0.2, -0.15) is 0 Å². The van der Waals surface area contributed by atoms with Gasteiger partial charge in [0.2, 0.25) is 15.9 Å². The molecule has 0 fully saturated rings. The number of primary sulfonamides is 1. The predicted molar refractivity (Wildman–Crippen MR) is 91.7 cm³/mol. The summed E-state index contributed by atoms with van der Waals surface area (Å²) >= 11 is 5.79. The lowest BCUT2D eigenvalue weighted by Crippen LogP contribution is -2.14. The molecule has 2 aromatic carbocycles. The maximum absolute atomic E-state index is 12.0. The van der Waals surface area contributed by atoms with E-state index in [1.54, 1.807) is 43.3 Å². The van der Waals surface area contributed by atoms with Crippen LogP contribution in [0.3, 0.4) is 0 Å². The first-order chi connectivity index (χ1) is 10.8. The van der Waals surface area contributed by atoms with Gasteiger partial charge in [0, 0.05) is 16.8 Å². The molecule has 2 aromatic rings. The maximum atomic E-state index is 12.0. The molecule has 3 N–H and O–H groups in total. The van der Waals surface area contributed by atoms with Crippen molar-refractivity contribution in [1.29, 1.82) is 0 Å². The summed E-state index contributed by atoms with van der Waals surface area (Å²) in [4.78, 5) is 11.9. The molecule has 0 unspecified atom stereocenters. The number of hydrogen-bond donors (Lipinski definition) is 2. The molecule has 7 heteroatoms.